The van der Waals surface area contributed by atoms with E-state index in [4.69, 9.17) is 0 Å². The third-order valence-corrected chi connectivity index (χ3v) is 6.99. The first-order chi connectivity index (χ1) is 12.2. The monoisotopic (exact) mass is 340 g/mol. The van der Waals surface area contributed by atoms with E-state index in [1.807, 2.05) is 12.3 Å². The molecule has 5 nitrogen and oxygen atoms in total. The van der Waals surface area contributed by atoms with Gasteiger partial charge in [-0.25, -0.2) is 4.98 Å². The van der Waals surface area contributed by atoms with Gasteiger partial charge < -0.3 is 15.5 Å². The molecule has 4 bridgehead atoms. The van der Waals surface area contributed by atoms with Crippen LogP contribution in [0.3, 0.4) is 0 Å². The van der Waals surface area contributed by atoms with Crippen LogP contribution in [0.5, 0.6) is 0 Å². The van der Waals surface area contributed by atoms with Crippen LogP contribution in [-0.4, -0.2) is 37.1 Å². The molecule has 4 saturated carbocycles. The summed E-state index contributed by atoms with van der Waals surface area (Å²) in [6.45, 7) is 4.07. The molecule has 4 aliphatic carbocycles. The molecular formula is C20H28N4O. The van der Waals surface area contributed by atoms with Gasteiger partial charge in [0.25, 0.3) is 0 Å². The van der Waals surface area contributed by atoms with Crippen molar-refractivity contribution in [1.82, 2.24) is 10.3 Å². The Labute approximate surface area is 149 Å². The summed E-state index contributed by atoms with van der Waals surface area (Å²) in [5, 5.41) is 6.51. The minimum atomic E-state index is -0.104. The van der Waals surface area contributed by atoms with Gasteiger partial charge in [-0.3, -0.25) is 4.79 Å². The average Bonchev–Trinajstić information content (AvgIpc) is 2.62. The van der Waals surface area contributed by atoms with Crippen molar-refractivity contribution in [2.75, 3.05) is 36.4 Å². The molecule has 0 spiro atoms. The lowest BCUT2D eigenvalue weighted by atomic mass is 9.49. The fourth-order valence-electron chi connectivity index (χ4n) is 6.21. The van der Waals surface area contributed by atoms with E-state index >= 15 is 0 Å². The zero-order chi connectivity index (χ0) is 16.9. The average molecular weight is 340 g/mol. The van der Waals surface area contributed by atoms with E-state index in [2.05, 4.69) is 26.6 Å². The van der Waals surface area contributed by atoms with Crippen LogP contribution in [-0.2, 0) is 4.79 Å². The number of rotatable bonds is 3. The minimum absolute atomic E-state index is 0.104. The number of aromatic nitrogens is 1. The second-order valence-electron chi connectivity index (χ2n) is 8.79. The SMILES string of the molecule is O=C(Nc1ccc(N2CCNCC2)cn1)C12CC3CC(CC(C3)C1)C2. The zero-order valence-corrected chi connectivity index (χ0v) is 14.8. The molecule has 5 heteroatoms. The second-order valence-corrected chi connectivity index (χ2v) is 8.79. The molecule has 134 valence electrons. The summed E-state index contributed by atoms with van der Waals surface area (Å²) < 4.78 is 0. The number of carbonyl (C=O) groups excluding carboxylic acids is 1. The molecular weight excluding hydrogens is 312 g/mol. The Kier molecular flexibility index (Phi) is 3.73. The fourth-order valence-corrected chi connectivity index (χ4v) is 6.21. The third kappa shape index (κ3) is 2.82. The van der Waals surface area contributed by atoms with E-state index in [0.717, 1.165) is 68.9 Å². The Balaban J connectivity index is 1.28. The summed E-state index contributed by atoms with van der Waals surface area (Å²) in [7, 11) is 0. The fraction of sp³-hybridized carbons (Fsp3) is 0.700. The topological polar surface area (TPSA) is 57.3 Å². The number of amides is 1. The standard InChI is InChI=1S/C20H28N4O/c25-19(20-10-14-7-15(11-20)9-16(8-14)12-20)23-18-2-1-17(13-22-18)24-5-3-21-4-6-24/h1-2,13-16,21H,3-12H2,(H,22,23,25). The van der Waals surface area contributed by atoms with E-state index in [9.17, 15) is 4.79 Å². The molecule has 5 fully saturated rings. The van der Waals surface area contributed by atoms with Gasteiger partial charge in [0, 0.05) is 26.2 Å². The van der Waals surface area contributed by atoms with Crippen molar-refractivity contribution in [2.24, 2.45) is 23.2 Å². The van der Waals surface area contributed by atoms with Gasteiger partial charge in [0.05, 0.1) is 17.3 Å². The minimum Gasteiger partial charge on any atom is -0.368 e. The van der Waals surface area contributed by atoms with E-state index in [0.29, 0.717) is 5.82 Å². The Hall–Kier alpha value is -1.62. The molecule has 0 unspecified atom stereocenters. The maximum Gasteiger partial charge on any atom is 0.231 e. The maximum absolute atomic E-state index is 13.1. The second kappa shape index (κ2) is 5.97. The molecule has 25 heavy (non-hydrogen) atoms. The number of anilines is 2. The highest BCUT2D eigenvalue weighted by Gasteiger charge is 2.54. The van der Waals surface area contributed by atoms with Gasteiger partial charge in [0.15, 0.2) is 0 Å². The summed E-state index contributed by atoms with van der Waals surface area (Å²) in [4.78, 5) is 20.0. The smallest absolute Gasteiger partial charge is 0.231 e. The molecule has 1 amide bonds. The Bertz CT molecular complexity index is 615. The largest absolute Gasteiger partial charge is 0.368 e. The Morgan fingerprint density at radius 2 is 1.72 bits per heavy atom. The number of hydrogen-bond acceptors (Lipinski definition) is 4. The van der Waals surface area contributed by atoms with Crippen molar-refractivity contribution in [2.45, 2.75) is 38.5 Å². The molecule has 6 rings (SSSR count). The van der Waals surface area contributed by atoms with Crippen LogP contribution in [0, 0.1) is 23.2 Å². The predicted octanol–water partition coefficient (Wildman–Crippen LogP) is 2.65. The highest BCUT2D eigenvalue weighted by atomic mass is 16.2. The molecule has 0 atom stereocenters. The van der Waals surface area contributed by atoms with E-state index < -0.39 is 0 Å². The number of carbonyl (C=O) groups is 1. The van der Waals surface area contributed by atoms with Crippen molar-refractivity contribution in [1.29, 1.82) is 0 Å². The van der Waals surface area contributed by atoms with Crippen LogP contribution < -0.4 is 15.5 Å². The molecule has 0 aromatic carbocycles. The lowest BCUT2D eigenvalue weighted by molar-refractivity contribution is -0.140. The van der Waals surface area contributed by atoms with Crippen molar-refractivity contribution in [3.63, 3.8) is 0 Å². The van der Waals surface area contributed by atoms with Gasteiger partial charge in [-0.2, -0.15) is 0 Å². The van der Waals surface area contributed by atoms with E-state index in [1.54, 1.807) is 0 Å². The first-order valence-electron chi connectivity index (χ1n) is 9.93. The molecule has 1 aromatic rings. The highest BCUT2D eigenvalue weighted by molar-refractivity contribution is 5.95. The molecule has 2 heterocycles. The Morgan fingerprint density at radius 1 is 1.08 bits per heavy atom. The summed E-state index contributed by atoms with van der Waals surface area (Å²) in [6, 6.07) is 4.06. The summed E-state index contributed by atoms with van der Waals surface area (Å²) in [5.41, 5.74) is 1.04. The van der Waals surface area contributed by atoms with Gasteiger partial charge in [-0.05, 0) is 68.4 Å². The number of nitrogens with zero attached hydrogens (tertiary/aromatic N) is 2. The van der Waals surface area contributed by atoms with Crippen LogP contribution in [0.4, 0.5) is 11.5 Å². The van der Waals surface area contributed by atoms with E-state index in [1.165, 1.54) is 19.3 Å². The summed E-state index contributed by atoms with van der Waals surface area (Å²) >= 11 is 0. The normalized spacial score (nSPS) is 36.5. The summed E-state index contributed by atoms with van der Waals surface area (Å²) in [5.74, 6) is 3.31. The van der Waals surface area contributed by atoms with Crippen molar-refractivity contribution in [3.8, 4) is 0 Å². The molecule has 2 N–H and O–H groups in total. The predicted molar refractivity (Wildman–Crippen MR) is 98.6 cm³/mol. The first-order valence-corrected chi connectivity index (χ1v) is 9.93. The maximum atomic E-state index is 13.1. The van der Waals surface area contributed by atoms with Crippen LogP contribution in [0.1, 0.15) is 38.5 Å². The van der Waals surface area contributed by atoms with E-state index in [-0.39, 0.29) is 11.3 Å². The molecule has 1 saturated heterocycles. The molecule has 0 radical (unpaired) electrons. The highest BCUT2D eigenvalue weighted by Crippen LogP contribution is 2.60. The van der Waals surface area contributed by atoms with Gasteiger partial charge in [0.2, 0.25) is 5.91 Å². The zero-order valence-electron chi connectivity index (χ0n) is 14.8. The van der Waals surface area contributed by atoms with Crippen molar-refractivity contribution >= 4 is 17.4 Å². The van der Waals surface area contributed by atoms with Gasteiger partial charge in [0.1, 0.15) is 5.82 Å². The van der Waals surface area contributed by atoms with Crippen LogP contribution >= 0.6 is 0 Å². The number of pyridine rings is 1. The van der Waals surface area contributed by atoms with Crippen LogP contribution in [0.15, 0.2) is 18.3 Å². The number of hydrogen-bond donors (Lipinski definition) is 2. The lowest BCUT2D eigenvalue weighted by Gasteiger charge is -2.55. The van der Waals surface area contributed by atoms with Gasteiger partial charge in [-0.15, -0.1) is 0 Å². The van der Waals surface area contributed by atoms with Gasteiger partial charge >= 0.3 is 0 Å². The Morgan fingerprint density at radius 3 is 2.28 bits per heavy atom. The summed E-state index contributed by atoms with van der Waals surface area (Å²) in [6.07, 6.45) is 9.30. The van der Waals surface area contributed by atoms with Crippen molar-refractivity contribution < 1.29 is 4.79 Å². The first kappa shape index (κ1) is 15.6. The molecule has 5 aliphatic rings. The van der Waals surface area contributed by atoms with Crippen molar-refractivity contribution in [3.05, 3.63) is 18.3 Å². The molecule has 1 aliphatic heterocycles. The van der Waals surface area contributed by atoms with Crippen LogP contribution in [0.25, 0.3) is 0 Å². The van der Waals surface area contributed by atoms with Crippen LogP contribution in [0.2, 0.25) is 0 Å². The molecule has 1 aromatic heterocycles. The van der Waals surface area contributed by atoms with Gasteiger partial charge in [-0.1, -0.05) is 0 Å². The lowest BCUT2D eigenvalue weighted by Crippen LogP contribution is -2.51. The number of nitrogens with one attached hydrogen (secondary N) is 2. The quantitative estimate of drug-likeness (QED) is 0.888. The number of piperazine rings is 1. The third-order valence-electron chi connectivity index (χ3n) is 6.99.